The quantitative estimate of drug-likeness (QED) is 0.177. The van der Waals surface area contributed by atoms with Gasteiger partial charge in [0.25, 0.3) is 0 Å². The second-order valence-electron chi connectivity index (χ2n) is 17.4. The molecule has 57 heavy (non-hydrogen) atoms. The maximum atomic E-state index is 11.3. The van der Waals surface area contributed by atoms with Crippen LogP contribution in [0.5, 0.6) is 5.75 Å². The molecule has 0 amide bonds. The number of aromatic hydroxyl groups is 1. The lowest BCUT2D eigenvalue weighted by molar-refractivity contribution is 0.477. The summed E-state index contributed by atoms with van der Waals surface area (Å²) in [5.74, 6) is -0.0864. The van der Waals surface area contributed by atoms with Gasteiger partial charge in [-0.3, -0.25) is 9.55 Å². The number of pyridine rings is 1. The first-order valence-corrected chi connectivity index (χ1v) is 19.8. The van der Waals surface area contributed by atoms with Crippen LogP contribution in [-0.2, 0) is 10.8 Å². The molecule has 8 rings (SSSR count). The van der Waals surface area contributed by atoms with Crippen molar-refractivity contribution in [3.8, 4) is 67.5 Å². The molecule has 0 spiro atoms. The fourth-order valence-electron chi connectivity index (χ4n) is 7.56. The van der Waals surface area contributed by atoms with Crippen LogP contribution in [0.4, 0.5) is 0 Å². The minimum atomic E-state index is -0.860. The highest BCUT2D eigenvalue weighted by Gasteiger charge is 2.23. The molecule has 2 heterocycles. The second-order valence-corrected chi connectivity index (χ2v) is 17.4. The van der Waals surface area contributed by atoms with Crippen LogP contribution in [0, 0.1) is 0 Å². The Morgan fingerprint density at radius 1 is 0.561 bits per heavy atom. The molecule has 4 nitrogen and oxygen atoms in total. The van der Waals surface area contributed by atoms with E-state index in [0.717, 1.165) is 66.9 Å². The lowest BCUT2D eigenvalue weighted by Gasteiger charge is -2.22. The van der Waals surface area contributed by atoms with E-state index < -0.39 is 5.89 Å². The zero-order valence-electron chi connectivity index (χ0n) is 35.2. The van der Waals surface area contributed by atoms with E-state index in [1.807, 2.05) is 56.4 Å². The Bertz CT molecular complexity index is 2780. The molecule has 0 fully saturated rings. The minimum absolute atomic E-state index is 0.0840. The van der Waals surface area contributed by atoms with Crippen molar-refractivity contribution in [1.82, 2.24) is 14.5 Å². The third-order valence-corrected chi connectivity index (χ3v) is 10.9. The molecule has 6 aromatic carbocycles. The number of rotatable bonds is 7. The van der Waals surface area contributed by atoms with Crippen molar-refractivity contribution in [2.75, 3.05) is 0 Å². The highest BCUT2D eigenvalue weighted by Crippen LogP contribution is 2.41. The Labute approximate surface area is 339 Å². The van der Waals surface area contributed by atoms with Crippen molar-refractivity contribution in [3.05, 3.63) is 168 Å². The number of nitrogens with zero attached hydrogens (tertiary/aromatic N) is 3. The summed E-state index contributed by atoms with van der Waals surface area (Å²) in [5, 5.41) is 11.3. The predicted molar refractivity (Wildman–Crippen MR) is 239 cm³/mol. The average Bonchev–Trinajstić information content (AvgIpc) is 3.60. The molecule has 2 aromatic heterocycles. The maximum Gasteiger partial charge on any atom is 0.149 e. The Balaban J connectivity index is 1.35. The van der Waals surface area contributed by atoms with Gasteiger partial charge in [0.1, 0.15) is 11.6 Å². The summed E-state index contributed by atoms with van der Waals surface area (Å²) in [7, 11) is 0. The maximum absolute atomic E-state index is 11.3. The molecule has 0 unspecified atom stereocenters. The molecular weight excluding hydrogens is 695 g/mol. The van der Waals surface area contributed by atoms with E-state index in [1.54, 1.807) is 6.07 Å². The first kappa shape index (κ1) is 36.4. The second kappa shape index (κ2) is 14.7. The summed E-state index contributed by atoms with van der Waals surface area (Å²) >= 11 is 0. The number of benzene rings is 6. The summed E-state index contributed by atoms with van der Waals surface area (Å²) < 4.78 is 11.2. The van der Waals surface area contributed by atoms with Crippen molar-refractivity contribution < 1.29 is 6.48 Å². The van der Waals surface area contributed by atoms with Gasteiger partial charge in [-0.25, -0.2) is 4.98 Å². The van der Waals surface area contributed by atoms with Crippen LogP contribution in [0.2, 0.25) is 0 Å². The Kier molecular flexibility index (Phi) is 9.37. The molecule has 4 heteroatoms. The number of para-hydroxylation sites is 2. The van der Waals surface area contributed by atoms with Gasteiger partial charge < -0.3 is 5.11 Å². The van der Waals surface area contributed by atoms with E-state index >= 15 is 0 Å². The molecule has 0 radical (unpaired) electrons. The minimum Gasteiger partial charge on any atom is -0.507 e. The van der Waals surface area contributed by atoms with E-state index in [-0.39, 0.29) is 16.6 Å². The predicted octanol–water partition coefficient (Wildman–Crippen LogP) is 14.2. The topological polar surface area (TPSA) is 50.9 Å². The SMILES string of the molecule is [2H]C(C)(C)c1cc(-c2ccccc2)cc(-n2c(-c3ccccc3O)nc3c(-c4cc(-c5cc(-c6ccc(C(C)(C)C)cc6)ccn5)cc(C(C)(C)C)c4)cccc32)c1. The molecular formula is C53H51N3O. The molecule has 0 saturated heterocycles. The number of fused-ring (bicyclic) bond motifs is 1. The zero-order valence-corrected chi connectivity index (χ0v) is 34.2. The van der Waals surface area contributed by atoms with Crippen LogP contribution in [0.1, 0.15) is 79.3 Å². The summed E-state index contributed by atoms with van der Waals surface area (Å²) in [4.78, 5) is 10.3. The largest absolute Gasteiger partial charge is 0.507 e. The van der Waals surface area contributed by atoms with Crippen molar-refractivity contribution in [2.45, 2.75) is 72.1 Å². The molecule has 0 aliphatic carbocycles. The molecule has 284 valence electrons. The standard InChI is InChI=1S/C53H51N3O/c1-34(2)38-27-39(35-15-10-9-11-16-35)32-44(31-38)56-48-19-14-18-45(50(48)55-51(56)46-17-12-13-20-49(46)57)40-28-41(30-43(29-40)53(6,7)8)47-33-37(25-26-54-47)36-21-23-42(24-22-36)52(3,4)5/h9-34,57H,1-8H3/i34D. The monoisotopic (exact) mass is 746 g/mol. The van der Waals surface area contributed by atoms with E-state index in [4.69, 9.17) is 11.3 Å². The van der Waals surface area contributed by atoms with Crippen LogP contribution in [-0.4, -0.2) is 19.6 Å². The number of hydrogen-bond donors (Lipinski definition) is 1. The Morgan fingerprint density at radius 3 is 1.93 bits per heavy atom. The lowest BCUT2D eigenvalue weighted by atomic mass is 9.83. The first-order chi connectivity index (χ1) is 27.5. The van der Waals surface area contributed by atoms with Crippen molar-refractivity contribution >= 4 is 11.0 Å². The van der Waals surface area contributed by atoms with Crippen LogP contribution < -0.4 is 0 Å². The molecule has 0 saturated carbocycles. The van der Waals surface area contributed by atoms with Gasteiger partial charge in [0.05, 0.1) is 22.3 Å². The highest BCUT2D eigenvalue weighted by atomic mass is 16.3. The number of phenolic OH excluding ortho intramolecular Hbond substituents is 1. The summed E-state index contributed by atoms with van der Waals surface area (Å²) in [6.45, 7) is 17.3. The molecule has 1 N–H and O–H groups in total. The average molecular weight is 747 g/mol. The van der Waals surface area contributed by atoms with Gasteiger partial charge in [-0.15, -0.1) is 0 Å². The molecule has 0 aliphatic rings. The molecule has 8 aromatic rings. The van der Waals surface area contributed by atoms with Gasteiger partial charge in [-0.2, -0.15) is 0 Å². The van der Waals surface area contributed by atoms with Crippen molar-refractivity contribution in [2.24, 2.45) is 0 Å². The summed E-state index contributed by atoms with van der Waals surface area (Å²) in [6.07, 6.45) is 1.91. The van der Waals surface area contributed by atoms with Crippen LogP contribution >= 0.6 is 0 Å². The van der Waals surface area contributed by atoms with Gasteiger partial charge in [0.15, 0.2) is 0 Å². The first-order valence-electron chi connectivity index (χ1n) is 20.3. The number of phenols is 1. The summed E-state index contributed by atoms with van der Waals surface area (Å²) in [5.41, 5.74) is 14.8. The molecule has 0 aliphatic heterocycles. The van der Waals surface area contributed by atoms with Gasteiger partial charge in [-0.05, 0) is 116 Å². The third-order valence-electron chi connectivity index (χ3n) is 10.9. The van der Waals surface area contributed by atoms with Gasteiger partial charge >= 0.3 is 0 Å². The fraction of sp³-hybridized carbons (Fsp3) is 0.208. The van der Waals surface area contributed by atoms with E-state index in [1.165, 1.54) is 11.1 Å². The Morgan fingerprint density at radius 2 is 1.23 bits per heavy atom. The Hall–Kier alpha value is -6.26. The number of hydrogen-bond acceptors (Lipinski definition) is 3. The van der Waals surface area contributed by atoms with Gasteiger partial charge in [-0.1, -0.05) is 146 Å². The van der Waals surface area contributed by atoms with Gasteiger partial charge in [0, 0.05) is 24.4 Å². The fourth-order valence-corrected chi connectivity index (χ4v) is 7.56. The van der Waals surface area contributed by atoms with E-state index in [0.29, 0.717) is 11.4 Å². The normalized spacial score (nSPS) is 12.5. The lowest BCUT2D eigenvalue weighted by Crippen LogP contribution is -2.11. The van der Waals surface area contributed by atoms with Crippen molar-refractivity contribution in [1.29, 1.82) is 0 Å². The number of imidazole rings is 1. The third kappa shape index (κ3) is 7.52. The van der Waals surface area contributed by atoms with E-state index in [9.17, 15) is 5.11 Å². The molecule has 0 bridgehead atoms. The molecule has 0 atom stereocenters. The van der Waals surface area contributed by atoms with Crippen LogP contribution in [0.15, 0.2) is 152 Å². The van der Waals surface area contributed by atoms with E-state index in [2.05, 4.69) is 149 Å². The smallest absolute Gasteiger partial charge is 0.149 e. The highest BCUT2D eigenvalue weighted by molar-refractivity contribution is 5.97. The summed E-state index contributed by atoms with van der Waals surface area (Å²) in [6, 6.07) is 50.3. The zero-order chi connectivity index (χ0) is 41.0. The van der Waals surface area contributed by atoms with Crippen LogP contribution in [0.25, 0.3) is 72.7 Å². The van der Waals surface area contributed by atoms with Crippen molar-refractivity contribution in [3.63, 3.8) is 0 Å². The van der Waals surface area contributed by atoms with Crippen LogP contribution in [0.3, 0.4) is 0 Å². The number of aromatic nitrogens is 3. The van der Waals surface area contributed by atoms with Gasteiger partial charge in [0.2, 0.25) is 0 Å².